The number of urea groups is 1. The minimum atomic E-state index is -0.148. The maximum absolute atomic E-state index is 11.8. The highest BCUT2D eigenvalue weighted by molar-refractivity contribution is 7.07. The first-order chi connectivity index (χ1) is 10.8. The molecule has 4 nitrogen and oxygen atoms in total. The molecule has 0 spiro atoms. The first-order valence-corrected chi connectivity index (χ1v) is 8.34. The smallest absolute Gasteiger partial charge is 0.314 e. The van der Waals surface area contributed by atoms with Gasteiger partial charge < -0.3 is 15.4 Å². The molecule has 1 atom stereocenters. The average molecular weight is 318 g/mol. The van der Waals surface area contributed by atoms with Crippen LogP contribution >= 0.6 is 11.3 Å². The molecule has 0 radical (unpaired) electrons. The van der Waals surface area contributed by atoms with E-state index >= 15 is 0 Å². The molecular formula is C17H22N2O2S. The van der Waals surface area contributed by atoms with E-state index in [0.717, 1.165) is 18.4 Å². The molecule has 5 heteroatoms. The third kappa shape index (κ3) is 5.50. The van der Waals surface area contributed by atoms with Gasteiger partial charge in [-0.2, -0.15) is 11.3 Å². The highest BCUT2D eigenvalue weighted by atomic mass is 32.1. The second-order valence-electron chi connectivity index (χ2n) is 5.01. The van der Waals surface area contributed by atoms with Crippen LogP contribution in [0.3, 0.4) is 0 Å². The van der Waals surface area contributed by atoms with Crippen LogP contribution in [0.5, 0.6) is 0 Å². The maximum atomic E-state index is 11.8. The Bertz CT molecular complexity index is 543. The number of methoxy groups -OCH3 is 1. The molecule has 0 aliphatic heterocycles. The molecule has 1 aromatic heterocycles. The van der Waals surface area contributed by atoms with E-state index in [2.05, 4.69) is 22.8 Å². The van der Waals surface area contributed by atoms with Crippen molar-refractivity contribution in [3.8, 4) is 0 Å². The van der Waals surface area contributed by atoms with Crippen molar-refractivity contribution in [1.82, 2.24) is 10.6 Å². The highest BCUT2D eigenvalue weighted by Crippen LogP contribution is 2.18. The number of hydrogen-bond donors (Lipinski definition) is 2. The van der Waals surface area contributed by atoms with E-state index in [1.807, 2.05) is 35.0 Å². The number of thiophene rings is 1. The van der Waals surface area contributed by atoms with Crippen molar-refractivity contribution in [3.05, 3.63) is 58.3 Å². The largest absolute Gasteiger partial charge is 0.375 e. The number of nitrogens with one attached hydrogen (secondary N) is 2. The molecule has 22 heavy (non-hydrogen) atoms. The highest BCUT2D eigenvalue weighted by Gasteiger charge is 2.11. The van der Waals surface area contributed by atoms with Crippen LogP contribution in [0.4, 0.5) is 4.79 Å². The first kappa shape index (κ1) is 16.5. The van der Waals surface area contributed by atoms with E-state index in [4.69, 9.17) is 4.74 Å². The number of carbonyl (C=O) groups is 1. The summed E-state index contributed by atoms with van der Waals surface area (Å²) >= 11 is 1.62. The second kappa shape index (κ2) is 9.23. The van der Waals surface area contributed by atoms with Crippen LogP contribution in [-0.2, 0) is 11.2 Å². The number of aryl methyl sites for hydroxylation is 1. The Morgan fingerprint density at radius 2 is 2.05 bits per heavy atom. The fourth-order valence-corrected chi connectivity index (χ4v) is 2.88. The normalized spacial score (nSPS) is 11.9. The molecule has 1 heterocycles. The van der Waals surface area contributed by atoms with Gasteiger partial charge in [0.05, 0.1) is 0 Å². The molecule has 2 rings (SSSR count). The Hall–Kier alpha value is -1.85. The fourth-order valence-electron chi connectivity index (χ4n) is 2.18. The van der Waals surface area contributed by atoms with E-state index in [1.54, 1.807) is 18.4 Å². The van der Waals surface area contributed by atoms with Crippen molar-refractivity contribution in [3.63, 3.8) is 0 Å². The van der Waals surface area contributed by atoms with Crippen LogP contribution in [0.15, 0.2) is 47.2 Å². The zero-order valence-corrected chi connectivity index (χ0v) is 13.6. The zero-order valence-electron chi connectivity index (χ0n) is 12.7. The van der Waals surface area contributed by atoms with Gasteiger partial charge in [0.1, 0.15) is 6.10 Å². The lowest BCUT2D eigenvalue weighted by atomic mass is 10.1. The Morgan fingerprint density at radius 1 is 1.23 bits per heavy atom. The van der Waals surface area contributed by atoms with Gasteiger partial charge in [-0.15, -0.1) is 0 Å². The molecule has 0 saturated heterocycles. The number of rotatable bonds is 8. The monoisotopic (exact) mass is 318 g/mol. The van der Waals surface area contributed by atoms with Gasteiger partial charge in [-0.3, -0.25) is 0 Å². The summed E-state index contributed by atoms with van der Waals surface area (Å²) in [5.41, 5.74) is 2.39. The minimum Gasteiger partial charge on any atom is -0.375 e. The summed E-state index contributed by atoms with van der Waals surface area (Å²) in [5, 5.41) is 9.77. The van der Waals surface area contributed by atoms with E-state index in [-0.39, 0.29) is 12.1 Å². The molecule has 0 aliphatic carbocycles. The summed E-state index contributed by atoms with van der Waals surface area (Å²) in [6.07, 6.45) is 1.80. The minimum absolute atomic E-state index is 0.0960. The third-order valence-electron chi connectivity index (χ3n) is 3.42. The predicted molar refractivity (Wildman–Crippen MR) is 90.2 cm³/mol. The zero-order chi connectivity index (χ0) is 15.6. The van der Waals surface area contributed by atoms with Gasteiger partial charge in [-0.05, 0) is 40.8 Å². The summed E-state index contributed by atoms with van der Waals surface area (Å²) in [6.45, 7) is 1.13. The Morgan fingerprint density at radius 3 is 2.73 bits per heavy atom. The van der Waals surface area contributed by atoms with Gasteiger partial charge >= 0.3 is 6.03 Å². The van der Waals surface area contributed by atoms with Crippen LogP contribution in [0.25, 0.3) is 0 Å². The Labute approximate surface area is 135 Å². The van der Waals surface area contributed by atoms with E-state index in [9.17, 15) is 4.79 Å². The van der Waals surface area contributed by atoms with Crippen LogP contribution in [-0.4, -0.2) is 26.2 Å². The lowest BCUT2D eigenvalue weighted by molar-refractivity contribution is 0.104. The Kier molecular flexibility index (Phi) is 6.93. The topological polar surface area (TPSA) is 50.4 Å². The van der Waals surface area contributed by atoms with Crippen LogP contribution in [0.2, 0.25) is 0 Å². The Balaban J connectivity index is 1.61. The van der Waals surface area contributed by atoms with Gasteiger partial charge in [0, 0.05) is 20.2 Å². The van der Waals surface area contributed by atoms with Crippen molar-refractivity contribution in [1.29, 1.82) is 0 Å². The molecular weight excluding hydrogens is 296 g/mol. The quantitative estimate of drug-likeness (QED) is 0.733. The van der Waals surface area contributed by atoms with Gasteiger partial charge in [0.15, 0.2) is 0 Å². The number of benzene rings is 1. The molecule has 118 valence electrons. The summed E-state index contributed by atoms with van der Waals surface area (Å²) in [5.74, 6) is 0. The molecule has 1 aromatic carbocycles. The molecule has 0 unspecified atom stereocenters. The first-order valence-electron chi connectivity index (χ1n) is 7.40. The molecule has 0 aliphatic rings. The molecule has 2 N–H and O–H groups in total. The number of ether oxygens (including phenoxy) is 1. The number of carbonyl (C=O) groups excluding carboxylic acids is 1. The number of hydrogen-bond acceptors (Lipinski definition) is 3. The lowest BCUT2D eigenvalue weighted by Gasteiger charge is -2.15. The van der Waals surface area contributed by atoms with E-state index < -0.39 is 0 Å². The van der Waals surface area contributed by atoms with Gasteiger partial charge in [-0.1, -0.05) is 30.3 Å². The lowest BCUT2D eigenvalue weighted by Crippen LogP contribution is -2.38. The van der Waals surface area contributed by atoms with Crippen LogP contribution < -0.4 is 10.6 Å². The van der Waals surface area contributed by atoms with Gasteiger partial charge in [0.2, 0.25) is 0 Å². The molecule has 0 saturated carbocycles. The molecule has 0 bridgehead atoms. The third-order valence-corrected chi connectivity index (χ3v) is 4.12. The van der Waals surface area contributed by atoms with Crippen molar-refractivity contribution in [2.45, 2.75) is 18.9 Å². The van der Waals surface area contributed by atoms with Crippen molar-refractivity contribution in [2.24, 2.45) is 0 Å². The van der Waals surface area contributed by atoms with Crippen LogP contribution in [0, 0.1) is 0 Å². The van der Waals surface area contributed by atoms with E-state index in [0.29, 0.717) is 13.1 Å². The summed E-state index contributed by atoms with van der Waals surface area (Å²) in [7, 11) is 1.65. The molecule has 2 aromatic rings. The van der Waals surface area contributed by atoms with E-state index in [1.165, 1.54) is 5.56 Å². The fraction of sp³-hybridized carbons (Fsp3) is 0.353. The van der Waals surface area contributed by atoms with Crippen molar-refractivity contribution in [2.75, 3.05) is 20.2 Å². The van der Waals surface area contributed by atoms with Crippen LogP contribution in [0.1, 0.15) is 23.7 Å². The predicted octanol–water partition coefficient (Wildman–Crippen LogP) is 3.37. The average Bonchev–Trinajstić information content (AvgIpc) is 3.07. The van der Waals surface area contributed by atoms with Gasteiger partial charge in [-0.25, -0.2) is 4.79 Å². The second-order valence-corrected chi connectivity index (χ2v) is 5.79. The summed E-state index contributed by atoms with van der Waals surface area (Å²) in [6, 6.07) is 12.1. The molecule has 2 amide bonds. The van der Waals surface area contributed by atoms with Crippen molar-refractivity contribution < 1.29 is 9.53 Å². The number of amides is 2. The standard InChI is InChI=1S/C17H22N2O2S/c1-21-16(15-9-11-22-13-15)12-19-17(20)18-10-5-8-14-6-3-2-4-7-14/h2-4,6-7,9,11,13,16H,5,8,10,12H2,1H3,(H2,18,19,20)/t16-/m1/s1. The van der Waals surface area contributed by atoms with Gasteiger partial charge in [0.25, 0.3) is 0 Å². The van der Waals surface area contributed by atoms with Crippen molar-refractivity contribution >= 4 is 17.4 Å². The summed E-state index contributed by atoms with van der Waals surface area (Å²) in [4.78, 5) is 11.8. The maximum Gasteiger partial charge on any atom is 0.314 e. The SMILES string of the molecule is CO[C@H](CNC(=O)NCCCc1ccccc1)c1ccsc1. The molecule has 0 fully saturated rings. The summed E-state index contributed by atoms with van der Waals surface area (Å²) < 4.78 is 5.39.